The van der Waals surface area contributed by atoms with Crippen LogP contribution in [0.1, 0.15) is 30.0 Å². The fourth-order valence-electron chi connectivity index (χ4n) is 2.35. The van der Waals surface area contributed by atoms with E-state index in [4.69, 9.17) is 9.15 Å². The zero-order chi connectivity index (χ0) is 19.2. The maximum atomic E-state index is 12.0. The molecule has 0 aliphatic rings. The number of hydrogen-bond acceptors (Lipinski definition) is 6. The summed E-state index contributed by atoms with van der Waals surface area (Å²) < 4.78 is 11.0. The highest BCUT2D eigenvalue weighted by Crippen LogP contribution is 2.23. The molecule has 3 rings (SSSR count). The molecular formula is C21H20N2O3S. The van der Waals surface area contributed by atoms with Crippen molar-refractivity contribution in [3.05, 3.63) is 71.6 Å². The summed E-state index contributed by atoms with van der Waals surface area (Å²) in [7, 11) is 0. The molecule has 0 N–H and O–H groups in total. The first-order valence-electron chi connectivity index (χ1n) is 8.48. The number of aromatic nitrogens is 2. The predicted molar refractivity (Wildman–Crippen MR) is 106 cm³/mol. The SMILES string of the molecule is CSc1ccc(/C=C/C(=O)O[C@H](C)c2nnc(-c3ccc(C)cc3)o2)cc1. The fourth-order valence-corrected chi connectivity index (χ4v) is 2.76. The molecule has 0 bridgehead atoms. The molecule has 0 aliphatic carbocycles. The van der Waals surface area contributed by atoms with Crippen molar-refractivity contribution in [2.24, 2.45) is 0 Å². The van der Waals surface area contributed by atoms with Crippen LogP contribution in [0.15, 0.2) is 63.9 Å². The molecule has 1 aromatic heterocycles. The van der Waals surface area contributed by atoms with E-state index in [0.29, 0.717) is 5.89 Å². The number of benzene rings is 2. The number of nitrogens with zero attached hydrogens (tertiary/aromatic N) is 2. The van der Waals surface area contributed by atoms with Gasteiger partial charge in [-0.3, -0.25) is 0 Å². The fraction of sp³-hybridized carbons (Fsp3) is 0.190. The van der Waals surface area contributed by atoms with Crippen molar-refractivity contribution in [3.63, 3.8) is 0 Å². The Bertz CT molecular complexity index is 931. The van der Waals surface area contributed by atoms with E-state index in [1.165, 1.54) is 11.0 Å². The van der Waals surface area contributed by atoms with Gasteiger partial charge in [0.05, 0.1) is 0 Å². The van der Waals surface area contributed by atoms with Crippen molar-refractivity contribution in [1.29, 1.82) is 0 Å². The van der Waals surface area contributed by atoms with Gasteiger partial charge in [-0.25, -0.2) is 4.79 Å². The van der Waals surface area contributed by atoms with Gasteiger partial charge in [-0.1, -0.05) is 29.8 Å². The molecule has 138 valence electrons. The molecule has 0 unspecified atom stereocenters. The molecule has 27 heavy (non-hydrogen) atoms. The summed E-state index contributed by atoms with van der Waals surface area (Å²) in [4.78, 5) is 13.2. The highest BCUT2D eigenvalue weighted by atomic mass is 32.2. The van der Waals surface area contributed by atoms with Crippen molar-refractivity contribution >= 4 is 23.8 Å². The first-order chi connectivity index (χ1) is 13.0. The van der Waals surface area contributed by atoms with Gasteiger partial charge in [0.1, 0.15) is 0 Å². The lowest BCUT2D eigenvalue weighted by atomic mass is 10.1. The van der Waals surface area contributed by atoms with Crippen LogP contribution in [0.4, 0.5) is 0 Å². The van der Waals surface area contributed by atoms with Crippen LogP contribution < -0.4 is 0 Å². The third kappa shape index (κ3) is 5.08. The highest BCUT2D eigenvalue weighted by Gasteiger charge is 2.18. The van der Waals surface area contributed by atoms with E-state index < -0.39 is 12.1 Å². The van der Waals surface area contributed by atoms with Gasteiger partial charge in [-0.15, -0.1) is 22.0 Å². The van der Waals surface area contributed by atoms with Gasteiger partial charge in [0.15, 0.2) is 6.10 Å². The van der Waals surface area contributed by atoms with Crippen molar-refractivity contribution in [3.8, 4) is 11.5 Å². The minimum Gasteiger partial charge on any atom is -0.449 e. The zero-order valence-electron chi connectivity index (χ0n) is 15.4. The van der Waals surface area contributed by atoms with Gasteiger partial charge in [-0.2, -0.15) is 0 Å². The Morgan fingerprint density at radius 2 is 1.81 bits per heavy atom. The third-order valence-electron chi connectivity index (χ3n) is 3.91. The minimum absolute atomic E-state index is 0.261. The van der Waals surface area contributed by atoms with Crippen LogP contribution >= 0.6 is 11.8 Å². The average Bonchev–Trinajstić information content (AvgIpc) is 3.18. The number of ether oxygens (including phenoxy) is 1. The number of esters is 1. The number of rotatable bonds is 6. The van der Waals surface area contributed by atoms with Gasteiger partial charge in [0.25, 0.3) is 5.89 Å². The van der Waals surface area contributed by atoms with Crippen molar-refractivity contribution in [2.75, 3.05) is 6.26 Å². The lowest BCUT2D eigenvalue weighted by Crippen LogP contribution is -2.06. The average molecular weight is 380 g/mol. The molecule has 3 aromatic rings. The quantitative estimate of drug-likeness (QED) is 0.337. The molecule has 1 atom stereocenters. The van der Waals surface area contributed by atoms with E-state index in [0.717, 1.165) is 16.7 Å². The molecule has 0 spiro atoms. The molecule has 0 saturated carbocycles. The zero-order valence-corrected chi connectivity index (χ0v) is 16.2. The van der Waals surface area contributed by atoms with Crippen LogP contribution in [-0.2, 0) is 9.53 Å². The summed E-state index contributed by atoms with van der Waals surface area (Å²) in [6.07, 6.45) is 4.49. The Kier molecular flexibility index (Phi) is 6.08. The van der Waals surface area contributed by atoms with Crippen molar-refractivity contribution in [2.45, 2.75) is 24.8 Å². The summed E-state index contributed by atoms with van der Waals surface area (Å²) in [5.41, 5.74) is 2.90. The first-order valence-corrected chi connectivity index (χ1v) is 9.71. The Balaban J connectivity index is 1.61. The third-order valence-corrected chi connectivity index (χ3v) is 4.65. The standard InChI is InChI=1S/C21H20N2O3S/c1-14-4-9-17(10-5-14)21-23-22-20(26-21)15(2)25-19(24)13-8-16-6-11-18(27-3)12-7-16/h4-13,15H,1-3H3/b13-8+/t15-/m1/s1. The maximum absolute atomic E-state index is 12.0. The van der Waals surface area contributed by atoms with E-state index in [-0.39, 0.29) is 5.89 Å². The second-order valence-electron chi connectivity index (χ2n) is 6.00. The molecule has 1 heterocycles. The Morgan fingerprint density at radius 3 is 2.48 bits per heavy atom. The normalized spacial score (nSPS) is 12.3. The van der Waals surface area contributed by atoms with Gasteiger partial charge in [-0.05, 0) is 56.0 Å². The van der Waals surface area contributed by atoms with E-state index in [2.05, 4.69) is 10.2 Å². The lowest BCUT2D eigenvalue weighted by molar-refractivity contribution is -0.143. The minimum atomic E-state index is -0.632. The number of carbonyl (C=O) groups excluding carboxylic acids is 1. The summed E-state index contributed by atoms with van der Waals surface area (Å²) >= 11 is 1.67. The smallest absolute Gasteiger partial charge is 0.331 e. The molecule has 0 amide bonds. The Hall–Kier alpha value is -2.86. The van der Waals surface area contributed by atoms with Crippen LogP contribution in [0, 0.1) is 6.92 Å². The first kappa shape index (κ1) is 18.9. The number of thioether (sulfide) groups is 1. The molecule has 2 aromatic carbocycles. The van der Waals surface area contributed by atoms with E-state index >= 15 is 0 Å². The molecule has 6 heteroatoms. The lowest BCUT2D eigenvalue weighted by Gasteiger charge is -2.06. The summed E-state index contributed by atoms with van der Waals surface area (Å²) in [6, 6.07) is 15.7. The highest BCUT2D eigenvalue weighted by molar-refractivity contribution is 7.98. The van der Waals surface area contributed by atoms with E-state index in [1.54, 1.807) is 24.8 Å². The molecule has 0 aliphatic heterocycles. The van der Waals surface area contributed by atoms with Crippen LogP contribution in [0.3, 0.4) is 0 Å². The van der Waals surface area contributed by atoms with Gasteiger partial charge in [0, 0.05) is 16.5 Å². The van der Waals surface area contributed by atoms with Gasteiger partial charge < -0.3 is 9.15 Å². The molecule has 0 radical (unpaired) electrons. The van der Waals surface area contributed by atoms with Crippen molar-refractivity contribution in [1.82, 2.24) is 10.2 Å². The van der Waals surface area contributed by atoms with Crippen molar-refractivity contribution < 1.29 is 13.9 Å². The van der Waals surface area contributed by atoms with Crippen LogP contribution in [0.25, 0.3) is 17.5 Å². The predicted octanol–water partition coefficient (Wildman–Crippen LogP) is 5.08. The molecule has 5 nitrogen and oxygen atoms in total. The summed E-state index contributed by atoms with van der Waals surface area (Å²) in [5, 5.41) is 8.01. The van der Waals surface area contributed by atoms with Crippen LogP contribution in [0.2, 0.25) is 0 Å². The second-order valence-corrected chi connectivity index (χ2v) is 6.88. The number of hydrogen-bond donors (Lipinski definition) is 0. The molecule has 0 saturated heterocycles. The largest absolute Gasteiger partial charge is 0.449 e. The summed E-state index contributed by atoms with van der Waals surface area (Å²) in [6.45, 7) is 3.71. The Labute approximate surface area is 162 Å². The van der Waals surface area contributed by atoms with Crippen LogP contribution in [-0.4, -0.2) is 22.4 Å². The number of carbonyl (C=O) groups is 1. The topological polar surface area (TPSA) is 65.2 Å². The second kappa shape index (κ2) is 8.68. The van der Waals surface area contributed by atoms with E-state index in [9.17, 15) is 4.79 Å². The van der Waals surface area contributed by atoms with E-state index in [1.807, 2.05) is 61.7 Å². The summed E-state index contributed by atoms with van der Waals surface area (Å²) in [5.74, 6) is 0.195. The molecular weight excluding hydrogens is 360 g/mol. The maximum Gasteiger partial charge on any atom is 0.331 e. The van der Waals surface area contributed by atoms with Crippen LogP contribution in [0.5, 0.6) is 0 Å². The molecule has 0 fully saturated rings. The van der Waals surface area contributed by atoms with Gasteiger partial charge >= 0.3 is 5.97 Å². The Morgan fingerprint density at radius 1 is 1.11 bits per heavy atom. The monoisotopic (exact) mass is 380 g/mol. The van der Waals surface area contributed by atoms with Gasteiger partial charge in [0.2, 0.25) is 5.89 Å². The number of aryl methyl sites for hydroxylation is 1.